The van der Waals surface area contributed by atoms with E-state index in [2.05, 4.69) is 61.6 Å². The monoisotopic (exact) mass is 364 g/mol. The van der Waals surface area contributed by atoms with Crippen LogP contribution in [0, 0.1) is 0 Å². The van der Waals surface area contributed by atoms with Gasteiger partial charge in [0, 0.05) is 51.6 Å². The zero-order valence-electron chi connectivity index (χ0n) is 16.9. The van der Waals surface area contributed by atoms with E-state index in [-0.39, 0.29) is 5.04 Å². The van der Waals surface area contributed by atoms with Crippen LogP contribution in [0.1, 0.15) is 33.3 Å². The molecular formula is C19H36N4OSi. The Bertz CT molecular complexity index is 541. The van der Waals surface area contributed by atoms with Gasteiger partial charge >= 0.3 is 0 Å². The van der Waals surface area contributed by atoms with E-state index in [1.54, 1.807) is 0 Å². The quantitative estimate of drug-likeness (QED) is 0.786. The lowest BCUT2D eigenvalue weighted by molar-refractivity contribution is 0.0660. The maximum absolute atomic E-state index is 6.34. The van der Waals surface area contributed by atoms with Crippen LogP contribution >= 0.6 is 0 Å². The minimum atomic E-state index is -1.63. The maximum atomic E-state index is 6.34. The normalized spacial score (nSPS) is 20.8. The first-order valence-corrected chi connectivity index (χ1v) is 12.3. The third-order valence-corrected chi connectivity index (χ3v) is 10.3. The second kappa shape index (κ2) is 8.16. The molecular weight excluding hydrogens is 328 g/mol. The molecule has 1 aliphatic rings. The van der Waals surface area contributed by atoms with Gasteiger partial charge in [0.15, 0.2) is 8.32 Å². The summed E-state index contributed by atoms with van der Waals surface area (Å²) in [6.45, 7) is 20.0. The van der Waals surface area contributed by atoms with E-state index in [0.717, 1.165) is 39.3 Å². The molecule has 25 heavy (non-hydrogen) atoms. The van der Waals surface area contributed by atoms with Gasteiger partial charge in [0.1, 0.15) is 5.82 Å². The minimum absolute atomic E-state index is 0.282. The molecule has 5 nitrogen and oxygen atoms in total. The van der Waals surface area contributed by atoms with Crippen molar-refractivity contribution < 1.29 is 4.43 Å². The summed E-state index contributed by atoms with van der Waals surface area (Å²) < 4.78 is 6.34. The van der Waals surface area contributed by atoms with Crippen molar-refractivity contribution in [1.29, 1.82) is 0 Å². The fourth-order valence-electron chi connectivity index (χ4n) is 2.97. The average Bonchev–Trinajstić information content (AvgIpc) is 2.50. The molecule has 0 amide bonds. The zero-order valence-corrected chi connectivity index (χ0v) is 17.9. The number of nitrogens with zero attached hydrogens (tertiary/aromatic N) is 3. The SMILES string of the molecule is C[C@@H]1CN(Cc2ccc(N)nc2)CCN1CCO[Si](C)(C)C(C)(C)C. The van der Waals surface area contributed by atoms with Gasteiger partial charge in [0.2, 0.25) is 0 Å². The van der Waals surface area contributed by atoms with Crippen molar-refractivity contribution in [3.63, 3.8) is 0 Å². The van der Waals surface area contributed by atoms with Gasteiger partial charge in [-0.2, -0.15) is 0 Å². The Kier molecular flexibility index (Phi) is 6.65. The number of nitrogen functional groups attached to an aromatic ring is 1. The van der Waals surface area contributed by atoms with Gasteiger partial charge in [0.05, 0.1) is 0 Å². The third-order valence-electron chi connectivity index (χ3n) is 5.75. The first-order chi connectivity index (χ1) is 11.6. The Morgan fingerprint density at radius 1 is 1.28 bits per heavy atom. The molecule has 2 N–H and O–H groups in total. The van der Waals surface area contributed by atoms with Crippen molar-refractivity contribution in [3.8, 4) is 0 Å². The van der Waals surface area contributed by atoms with Gasteiger partial charge < -0.3 is 10.2 Å². The van der Waals surface area contributed by atoms with Crippen LogP contribution in [0.25, 0.3) is 0 Å². The van der Waals surface area contributed by atoms with Crippen LogP contribution in [0.15, 0.2) is 18.3 Å². The summed E-state index contributed by atoms with van der Waals surface area (Å²) in [6, 6.07) is 4.51. The van der Waals surface area contributed by atoms with E-state index < -0.39 is 8.32 Å². The molecule has 0 saturated carbocycles. The number of aromatic nitrogens is 1. The molecule has 0 unspecified atom stereocenters. The van der Waals surface area contributed by atoms with E-state index in [1.807, 2.05) is 12.3 Å². The van der Waals surface area contributed by atoms with Crippen molar-refractivity contribution in [3.05, 3.63) is 23.9 Å². The van der Waals surface area contributed by atoms with Gasteiger partial charge in [-0.3, -0.25) is 9.80 Å². The third kappa shape index (κ3) is 5.77. The number of nitrogens with two attached hydrogens (primary N) is 1. The summed E-state index contributed by atoms with van der Waals surface area (Å²) in [7, 11) is -1.63. The van der Waals surface area contributed by atoms with E-state index >= 15 is 0 Å². The summed E-state index contributed by atoms with van der Waals surface area (Å²) in [6.07, 6.45) is 1.89. The van der Waals surface area contributed by atoms with Crippen LogP contribution in [0.3, 0.4) is 0 Å². The molecule has 1 fully saturated rings. The highest BCUT2D eigenvalue weighted by Gasteiger charge is 2.37. The van der Waals surface area contributed by atoms with E-state index in [0.29, 0.717) is 11.9 Å². The Morgan fingerprint density at radius 3 is 2.56 bits per heavy atom. The van der Waals surface area contributed by atoms with E-state index in [1.165, 1.54) is 5.56 Å². The van der Waals surface area contributed by atoms with Crippen LogP contribution in [0.5, 0.6) is 0 Å². The molecule has 2 heterocycles. The highest BCUT2D eigenvalue weighted by atomic mass is 28.4. The van der Waals surface area contributed by atoms with Gasteiger partial charge in [0.25, 0.3) is 0 Å². The highest BCUT2D eigenvalue weighted by Crippen LogP contribution is 2.36. The fraction of sp³-hybridized carbons (Fsp3) is 0.737. The smallest absolute Gasteiger partial charge is 0.192 e. The molecule has 1 atom stereocenters. The average molecular weight is 365 g/mol. The number of piperazine rings is 1. The standard InChI is InChI=1S/C19H36N4OSi/c1-16-14-22(15-17-7-8-18(20)21-13-17)9-10-23(16)11-12-24-25(5,6)19(2,3)4/h7-8,13,16H,9-12,14-15H2,1-6H3,(H2,20,21)/t16-/m1/s1. The van der Waals surface area contributed by atoms with Gasteiger partial charge in [-0.05, 0) is 36.7 Å². The van der Waals surface area contributed by atoms with Gasteiger partial charge in [-0.15, -0.1) is 0 Å². The van der Waals surface area contributed by atoms with Crippen molar-refractivity contribution in [1.82, 2.24) is 14.8 Å². The summed E-state index contributed by atoms with van der Waals surface area (Å²) >= 11 is 0. The summed E-state index contributed by atoms with van der Waals surface area (Å²) in [4.78, 5) is 9.25. The van der Waals surface area contributed by atoms with Crippen LogP contribution < -0.4 is 5.73 Å². The summed E-state index contributed by atoms with van der Waals surface area (Å²) in [5, 5.41) is 0.282. The first kappa shape index (κ1) is 20.4. The Hall–Kier alpha value is -0.953. The number of hydrogen-bond donors (Lipinski definition) is 1. The Labute approximate surface area is 154 Å². The summed E-state index contributed by atoms with van der Waals surface area (Å²) in [5.74, 6) is 0.587. The van der Waals surface area contributed by atoms with Crippen LogP contribution in [0.2, 0.25) is 18.1 Å². The lowest BCUT2D eigenvalue weighted by Gasteiger charge is -2.41. The Balaban J connectivity index is 1.77. The fourth-order valence-corrected chi connectivity index (χ4v) is 4.00. The lowest BCUT2D eigenvalue weighted by Crippen LogP contribution is -2.53. The van der Waals surface area contributed by atoms with Crippen LogP contribution in [-0.4, -0.2) is 61.9 Å². The van der Waals surface area contributed by atoms with Gasteiger partial charge in [-0.25, -0.2) is 4.98 Å². The van der Waals surface area contributed by atoms with Crippen molar-refractivity contribution >= 4 is 14.1 Å². The molecule has 0 bridgehead atoms. The predicted molar refractivity (Wildman–Crippen MR) is 108 cm³/mol. The molecule has 0 aromatic carbocycles. The number of rotatable bonds is 6. The number of hydrogen-bond acceptors (Lipinski definition) is 5. The first-order valence-electron chi connectivity index (χ1n) is 9.39. The molecule has 142 valence electrons. The molecule has 0 aliphatic carbocycles. The molecule has 1 aromatic rings. The number of pyridine rings is 1. The van der Waals surface area contributed by atoms with Crippen LogP contribution in [0.4, 0.5) is 5.82 Å². The summed E-state index contributed by atoms with van der Waals surface area (Å²) in [5.41, 5.74) is 6.90. The molecule has 0 radical (unpaired) electrons. The molecule has 6 heteroatoms. The van der Waals surface area contributed by atoms with Crippen molar-refractivity contribution in [2.45, 2.75) is 58.4 Å². The molecule has 0 spiro atoms. The van der Waals surface area contributed by atoms with E-state index in [9.17, 15) is 0 Å². The number of anilines is 1. The second-order valence-electron chi connectivity index (χ2n) is 8.82. The molecule has 1 aromatic heterocycles. The lowest BCUT2D eigenvalue weighted by atomic mass is 10.1. The Morgan fingerprint density at radius 2 is 2.00 bits per heavy atom. The molecule has 1 saturated heterocycles. The van der Waals surface area contributed by atoms with Crippen LogP contribution in [-0.2, 0) is 11.0 Å². The zero-order chi connectivity index (χ0) is 18.7. The molecule has 1 aliphatic heterocycles. The highest BCUT2D eigenvalue weighted by molar-refractivity contribution is 6.74. The second-order valence-corrected chi connectivity index (χ2v) is 13.6. The molecule has 2 rings (SSSR count). The minimum Gasteiger partial charge on any atom is -0.416 e. The van der Waals surface area contributed by atoms with Crippen molar-refractivity contribution in [2.75, 3.05) is 38.5 Å². The van der Waals surface area contributed by atoms with E-state index in [4.69, 9.17) is 10.2 Å². The predicted octanol–water partition coefficient (Wildman–Crippen LogP) is 3.19. The van der Waals surface area contributed by atoms with Gasteiger partial charge in [-0.1, -0.05) is 26.8 Å². The van der Waals surface area contributed by atoms with Crippen molar-refractivity contribution in [2.24, 2.45) is 0 Å². The maximum Gasteiger partial charge on any atom is 0.192 e. The topological polar surface area (TPSA) is 54.6 Å². The largest absolute Gasteiger partial charge is 0.416 e.